The standard InChI is InChI=1S/C23H23F3N4O2S/c1-29-14-12-28-21(29)22(32,23(24,25)26)15-20(31)27-11-6-13-30-16-7-2-4-9-18(16)33-19-10-5-3-8-17(19)30/h2-5,7-10,12,14,32H,6,11,13,15H2,1H3,(H,27,31). The van der Waals surface area contributed by atoms with Crippen molar-refractivity contribution in [1.29, 1.82) is 0 Å². The number of anilines is 2. The number of benzene rings is 2. The molecule has 0 aliphatic carbocycles. The highest BCUT2D eigenvalue weighted by atomic mass is 32.2. The number of hydrogen-bond donors (Lipinski definition) is 2. The molecule has 6 nitrogen and oxygen atoms in total. The molecule has 2 heterocycles. The Bertz CT molecular complexity index is 1100. The van der Waals surface area contributed by atoms with E-state index in [9.17, 15) is 23.1 Å². The van der Waals surface area contributed by atoms with Crippen LogP contribution in [0.4, 0.5) is 24.5 Å². The molecule has 0 spiro atoms. The summed E-state index contributed by atoms with van der Waals surface area (Å²) < 4.78 is 41.9. The fourth-order valence-electron chi connectivity index (χ4n) is 3.85. The van der Waals surface area contributed by atoms with Gasteiger partial charge in [0.25, 0.3) is 0 Å². The third-order valence-electron chi connectivity index (χ3n) is 5.49. The van der Waals surface area contributed by atoms with Gasteiger partial charge in [-0.15, -0.1) is 0 Å². The van der Waals surface area contributed by atoms with Crippen LogP contribution >= 0.6 is 11.8 Å². The summed E-state index contributed by atoms with van der Waals surface area (Å²) in [5, 5.41) is 12.9. The summed E-state index contributed by atoms with van der Waals surface area (Å²) in [6.45, 7) is 0.735. The molecule has 0 radical (unpaired) electrons. The van der Waals surface area contributed by atoms with E-state index in [-0.39, 0.29) is 6.54 Å². The molecule has 2 N–H and O–H groups in total. The number of amides is 1. The molecule has 0 saturated heterocycles. The van der Waals surface area contributed by atoms with E-state index >= 15 is 0 Å². The van der Waals surface area contributed by atoms with Crippen molar-refractivity contribution >= 4 is 29.0 Å². The largest absolute Gasteiger partial charge is 0.425 e. The number of imidazole rings is 1. The molecule has 3 aromatic rings. The lowest BCUT2D eigenvalue weighted by atomic mass is 9.97. The zero-order valence-electron chi connectivity index (χ0n) is 17.8. The zero-order chi connectivity index (χ0) is 23.6. The van der Waals surface area contributed by atoms with Gasteiger partial charge in [-0.2, -0.15) is 13.2 Å². The number of carbonyl (C=O) groups excluding carboxylic acids is 1. The maximum Gasteiger partial charge on any atom is 0.425 e. The molecular weight excluding hydrogens is 453 g/mol. The van der Waals surface area contributed by atoms with Crippen LogP contribution in [-0.2, 0) is 17.4 Å². The van der Waals surface area contributed by atoms with Crippen LogP contribution < -0.4 is 10.2 Å². The van der Waals surface area contributed by atoms with Crippen LogP contribution in [0.15, 0.2) is 70.7 Å². The highest BCUT2D eigenvalue weighted by Gasteiger charge is 2.58. The average Bonchev–Trinajstić information content (AvgIpc) is 3.21. The Kier molecular flexibility index (Phi) is 6.40. The molecule has 0 saturated carbocycles. The predicted molar refractivity (Wildman–Crippen MR) is 119 cm³/mol. The molecule has 33 heavy (non-hydrogen) atoms. The summed E-state index contributed by atoms with van der Waals surface area (Å²) in [5.74, 6) is -1.52. The van der Waals surface area contributed by atoms with E-state index in [1.807, 2.05) is 48.5 Å². The summed E-state index contributed by atoms with van der Waals surface area (Å²) in [4.78, 5) is 20.3. The van der Waals surface area contributed by atoms with Gasteiger partial charge in [0.05, 0.1) is 17.8 Å². The third kappa shape index (κ3) is 4.58. The van der Waals surface area contributed by atoms with Gasteiger partial charge in [-0.1, -0.05) is 36.0 Å². The number of aromatic nitrogens is 2. The van der Waals surface area contributed by atoms with E-state index < -0.39 is 29.9 Å². The summed E-state index contributed by atoms with van der Waals surface area (Å²) in [5.41, 5.74) is -1.26. The summed E-state index contributed by atoms with van der Waals surface area (Å²) in [6.07, 6.45) is -3.27. The summed E-state index contributed by atoms with van der Waals surface area (Å²) >= 11 is 1.69. The van der Waals surface area contributed by atoms with Crippen molar-refractivity contribution in [3.8, 4) is 0 Å². The van der Waals surface area contributed by atoms with Gasteiger partial charge >= 0.3 is 6.18 Å². The van der Waals surface area contributed by atoms with Crippen LogP contribution in [0.2, 0.25) is 0 Å². The van der Waals surface area contributed by atoms with E-state index in [1.54, 1.807) is 11.8 Å². The van der Waals surface area contributed by atoms with Crippen LogP contribution in [-0.4, -0.2) is 39.8 Å². The SMILES string of the molecule is Cn1ccnc1C(O)(CC(=O)NCCCN1c2ccccc2Sc2ccccc21)C(F)(F)F. The van der Waals surface area contributed by atoms with Crippen LogP contribution in [0.1, 0.15) is 18.7 Å². The number of fused-ring (bicyclic) bond motifs is 2. The maximum absolute atomic E-state index is 13.6. The van der Waals surface area contributed by atoms with Crippen molar-refractivity contribution in [2.24, 2.45) is 7.05 Å². The molecule has 1 aromatic heterocycles. The number of halogens is 3. The number of aryl methyl sites for hydroxylation is 1. The molecule has 1 aliphatic heterocycles. The minimum atomic E-state index is -5.05. The Morgan fingerprint density at radius 1 is 1.09 bits per heavy atom. The van der Waals surface area contributed by atoms with Gasteiger partial charge < -0.3 is 19.9 Å². The topological polar surface area (TPSA) is 70.4 Å². The van der Waals surface area contributed by atoms with Gasteiger partial charge in [-0.05, 0) is 30.7 Å². The maximum atomic E-state index is 13.6. The summed E-state index contributed by atoms with van der Waals surface area (Å²) in [6, 6.07) is 16.0. The first-order valence-corrected chi connectivity index (χ1v) is 11.2. The molecule has 0 fully saturated rings. The first kappa shape index (κ1) is 23.2. The Morgan fingerprint density at radius 2 is 1.70 bits per heavy atom. The highest BCUT2D eigenvalue weighted by Crippen LogP contribution is 2.47. The Labute approximate surface area is 193 Å². The van der Waals surface area contributed by atoms with Crippen molar-refractivity contribution < 1.29 is 23.1 Å². The quantitative estimate of drug-likeness (QED) is 0.496. The highest BCUT2D eigenvalue weighted by molar-refractivity contribution is 7.99. The van der Waals surface area contributed by atoms with Crippen LogP contribution in [0.3, 0.4) is 0 Å². The van der Waals surface area contributed by atoms with Crippen LogP contribution in [0, 0.1) is 0 Å². The lowest BCUT2D eigenvalue weighted by Crippen LogP contribution is -2.48. The van der Waals surface area contributed by atoms with Crippen molar-refractivity contribution in [1.82, 2.24) is 14.9 Å². The average molecular weight is 477 g/mol. The van der Waals surface area contributed by atoms with Gasteiger partial charge in [0.1, 0.15) is 0 Å². The number of nitrogens with one attached hydrogen (secondary N) is 1. The first-order chi connectivity index (χ1) is 15.7. The zero-order valence-corrected chi connectivity index (χ0v) is 18.7. The summed E-state index contributed by atoms with van der Waals surface area (Å²) in [7, 11) is 1.34. The van der Waals surface area contributed by atoms with E-state index in [2.05, 4.69) is 15.2 Å². The number of alkyl halides is 3. The van der Waals surface area contributed by atoms with Gasteiger partial charge in [-0.3, -0.25) is 4.79 Å². The Hall–Kier alpha value is -2.98. The molecule has 1 atom stereocenters. The molecule has 0 bridgehead atoms. The predicted octanol–water partition coefficient (Wildman–Crippen LogP) is 4.37. The third-order valence-corrected chi connectivity index (χ3v) is 6.62. The van der Waals surface area contributed by atoms with E-state index in [0.717, 1.165) is 31.9 Å². The van der Waals surface area contributed by atoms with Gasteiger partial charge in [0.2, 0.25) is 11.5 Å². The molecule has 2 aromatic carbocycles. The molecule has 4 rings (SSSR count). The van der Waals surface area contributed by atoms with Gasteiger partial charge in [0, 0.05) is 42.3 Å². The van der Waals surface area contributed by atoms with Crippen LogP contribution in [0.5, 0.6) is 0 Å². The van der Waals surface area contributed by atoms with E-state index in [0.29, 0.717) is 13.0 Å². The second kappa shape index (κ2) is 9.11. The van der Waals surface area contributed by atoms with E-state index in [4.69, 9.17) is 0 Å². The van der Waals surface area contributed by atoms with Crippen molar-refractivity contribution in [2.45, 2.75) is 34.4 Å². The second-order valence-electron chi connectivity index (χ2n) is 7.79. The molecule has 1 unspecified atom stereocenters. The smallest absolute Gasteiger partial charge is 0.374 e. The van der Waals surface area contributed by atoms with E-state index in [1.165, 1.54) is 13.2 Å². The molecule has 10 heteroatoms. The minimum Gasteiger partial charge on any atom is -0.374 e. The van der Waals surface area contributed by atoms with Crippen molar-refractivity contribution in [3.63, 3.8) is 0 Å². The molecular formula is C23H23F3N4O2S. The minimum absolute atomic E-state index is 0.168. The van der Waals surface area contributed by atoms with Crippen LogP contribution in [0.25, 0.3) is 0 Å². The monoisotopic (exact) mass is 476 g/mol. The fraction of sp³-hybridized carbons (Fsp3) is 0.304. The number of nitrogens with zero attached hydrogens (tertiary/aromatic N) is 3. The molecule has 174 valence electrons. The Morgan fingerprint density at radius 3 is 2.24 bits per heavy atom. The van der Waals surface area contributed by atoms with Crippen molar-refractivity contribution in [2.75, 3.05) is 18.0 Å². The number of hydrogen-bond acceptors (Lipinski definition) is 5. The fourth-order valence-corrected chi connectivity index (χ4v) is 4.95. The number of para-hydroxylation sites is 2. The van der Waals surface area contributed by atoms with Crippen molar-refractivity contribution in [3.05, 3.63) is 66.7 Å². The molecule has 1 aliphatic rings. The van der Waals surface area contributed by atoms with Gasteiger partial charge in [0.15, 0.2) is 5.82 Å². The number of aliphatic hydroxyl groups is 1. The Balaban J connectivity index is 1.40. The first-order valence-electron chi connectivity index (χ1n) is 10.4. The number of carbonyl (C=O) groups is 1. The molecule has 1 amide bonds. The second-order valence-corrected chi connectivity index (χ2v) is 8.87. The van der Waals surface area contributed by atoms with Gasteiger partial charge in [-0.25, -0.2) is 4.98 Å². The number of rotatable bonds is 7. The normalized spacial score (nSPS) is 14.9. The lowest BCUT2D eigenvalue weighted by molar-refractivity contribution is -0.271. The lowest BCUT2D eigenvalue weighted by Gasteiger charge is -2.33.